The van der Waals surface area contributed by atoms with E-state index < -0.39 is 11.4 Å². The number of hydrogen-bond donors (Lipinski definition) is 0. The van der Waals surface area contributed by atoms with E-state index in [1.807, 2.05) is 6.92 Å². The lowest BCUT2D eigenvalue weighted by atomic mass is 10.3. The Hall–Kier alpha value is -1.58. The Morgan fingerprint density at radius 3 is 2.83 bits per heavy atom. The predicted octanol–water partition coefficient (Wildman–Crippen LogP) is -0.768. The zero-order valence-electron chi connectivity index (χ0n) is 6.61. The molecule has 0 saturated carbocycles. The lowest BCUT2D eigenvalue weighted by Gasteiger charge is -2.05. The molecule has 0 aliphatic rings. The lowest BCUT2D eigenvalue weighted by molar-refractivity contribution is -0.255. The molecule has 0 aromatic carbocycles. The van der Waals surface area contributed by atoms with Crippen molar-refractivity contribution in [1.82, 2.24) is 4.57 Å². The van der Waals surface area contributed by atoms with Crippen LogP contribution >= 0.6 is 0 Å². The van der Waals surface area contributed by atoms with Gasteiger partial charge in [-0.25, -0.2) is 0 Å². The number of carboxylic acid groups (broad SMARTS) is 1. The molecule has 0 aliphatic carbocycles. The average molecular weight is 166 g/mol. The minimum absolute atomic E-state index is 0.292. The monoisotopic (exact) mass is 166 g/mol. The highest BCUT2D eigenvalue weighted by Crippen LogP contribution is 1.90. The number of carboxylic acids is 1. The summed E-state index contributed by atoms with van der Waals surface area (Å²) in [6.45, 7) is 2.48. The standard InChI is InChI=1S/C8H9NO3/c1-2-9-4-3-7(10)6(5-9)8(11)12/h3-5H,2H2,1H3,(H,11,12)/p-1. The topological polar surface area (TPSA) is 62.1 Å². The summed E-state index contributed by atoms with van der Waals surface area (Å²) in [6.07, 6.45) is 2.81. The molecule has 64 valence electrons. The maximum atomic E-state index is 10.9. The van der Waals surface area contributed by atoms with Gasteiger partial charge in [0.25, 0.3) is 0 Å². The van der Waals surface area contributed by atoms with Crippen LogP contribution in [0.5, 0.6) is 0 Å². The first-order chi connectivity index (χ1) is 5.65. The Labute approximate surface area is 69.1 Å². The van der Waals surface area contributed by atoms with Gasteiger partial charge in [-0.1, -0.05) is 0 Å². The number of pyridine rings is 1. The summed E-state index contributed by atoms with van der Waals surface area (Å²) in [6, 6.07) is 1.22. The van der Waals surface area contributed by atoms with E-state index in [9.17, 15) is 14.7 Å². The maximum absolute atomic E-state index is 10.9. The van der Waals surface area contributed by atoms with Gasteiger partial charge < -0.3 is 14.5 Å². The van der Waals surface area contributed by atoms with Crippen molar-refractivity contribution < 1.29 is 9.90 Å². The maximum Gasteiger partial charge on any atom is 0.190 e. The summed E-state index contributed by atoms with van der Waals surface area (Å²) < 4.78 is 1.60. The second-order valence-electron chi connectivity index (χ2n) is 2.34. The molecule has 0 aliphatic heterocycles. The van der Waals surface area contributed by atoms with Crippen molar-refractivity contribution in [2.24, 2.45) is 0 Å². The molecule has 4 heteroatoms. The van der Waals surface area contributed by atoms with Crippen molar-refractivity contribution in [3.8, 4) is 0 Å². The van der Waals surface area contributed by atoms with Crippen LogP contribution in [0.25, 0.3) is 0 Å². The minimum atomic E-state index is -1.43. The normalized spacial score (nSPS) is 9.75. The van der Waals surface area contributed by atoms with E-state index in [-0.39, 0.29) is 5.56 Å². The highest BCUT2D eigenvalue weighted by atomic mass is 16.4. The molecule has 0 radical (unpaired) electrons. The van der Waals surface area contributed by atoms with Crippen molar-refractivity contribution in [2.45, 2.75) is 13.5 Å². The first kappa shape index (κ1) is 8.52. The zero-order chi connectivity index (χ0) is 9.14. The molecular formula is C8H8NO3-. The van der Waals surface area contributed by atoms with Gasteiger partial charge in [0.15, 0.2) is 5.43 Å². The predicted molar refractivity (Wildman–Crippen MR) is 40.7 cm³/mol. The smallest absolute Gasteiger partial charge is 0.190 e. The molecule has 0 bridgehead atoms. The molecule has 1 aromatic rings. The summed E-state index contributed by atoms with van der Waals surface area (Å²) >= 11 is 0. The lowest BCUT2D eigenvalue weighted by Crippen LogP contribution is -2.29. The van der Waals surface area contributed by atoms with Crippen molar-refractivity contribution >= 4 is 5.97 Å². The highest BCUT2D eigenvalue weighted by molar-refractivity contribution is 5.85. The van der Waals surface area contributed by atoms with Crippen LogP contribution in [0.1, 0.15) is 17.3 Å². The molecule has 1 heterocycles. The van der Waals surface area contributed by atoms with Gasteiger partial charge in [0.1, 0.15) is 0 Å². The Balaban J connectivity index is 3.26. The van der Waals surface area contributed by atoms with Crippen molar-refractivity contribution in [2.75, 3.05) is 0 Å². The molecule has 0 spiro atoms. The SMILES string of the molecule is CCn1ccc(=O)c(C(=O)[O-])c1. The summed E-state index contributed by atoms with van der Waals surface area (Å²) in [7, 11) is 0. The van der Waals surface area contributed by atoms with Crippen molar-refractivity contribution in [1.29, 1.82) is 0 Å². The van der Waals surface area contributed by atoms with Crippen LogP contribution in [0.3, 0.4) is 0 Å². The number of carbonyl (C=O) groups excluding carboxylic acids is 1. The van der Waals surface area contributed by atoms with Crippen LogP contribution in [0, 0.1) is 0 Å². The van der Waals surface area contributed by atoms with Gasteiger partial charge in [0.2, 0.25) is 0 Å². The molecule has 0 fully saturated rings. The molecule has 0 saturated heterocycles. The van der Waals surface area contributed by atoms with E-state index in [4.69, 9.17) is 0 Å². The quantitative estimate of drug-likeness (QED) is 0.579. The number of aromatic carboxylic acids is 1. The molecule has 1 aromatic heterocycles. The van der Waals surface area contributed by atoms with E-state index in [1.54, 1.807) is 4.57 Å². The van der Waals surface area contributed by atoms with Gasteiger partial charge in [-0.05, 0) is 6.92 Å². The van der Waals surface area contributed by atoms with Crippen LogP contribution in [-0.2, 0) is 6.54 Å². The van der Waals surface area contributed by atoms with E-state index in [0.717, 1.165) is 0 Å². The third-order valence-corrected chi connectivity index (χ3v) is 1.56. The Bertz CT molecular complexity index is 354. The fourth-order valence-electron chi connectivity index (χ4n) is 0.876. The van der Waals surface area contributed by atoms with Crippen LogP contribution in [0.15, 0.2) is 23.3 Å². The van der Waals surface area contributed by atoms with Gasteiger partial charge in [-0.2, -0.15) is 0 Å². The van der Waals surface area contributed by atoms with E-state index in [2.05, 4.69) is 0 Å². The molecule has 0 amide bonds. The Kier molecular flexibility index (Phi) is 2.28. The van der Waals surface area contributed by atoms with E-state index in [1.165, 1.54) is 18.5 Å². The van der Waals surface area contributed by atoms with Crippen molar-refractivity contribution in [3.63, 3.8) is 0 Å². The molecule has 1 rings (SSSR count). The van der Waals surface area contributed by atoms with Gasteiger partial charge in [-0.15, -0.1) is 0 Å². The summed E-state index contributed by atoms with van der Waals surface area (Å²) in [5.74, 6) is -1.43. The van der Waals surface area contributed by atoms with Crippen LogP contribution in [-0.4, -0.2) is 10.5 Å². The Morgan fingerprint density at radius 2 is 2.33 bits per heavy atom. The second-order valence-corrected chi connectivity index (χ2v) is 2.34. The number of hydrogen-bond acceptors (Lipinski definition) is 3. The minimum Gasteiger partial charge on any atom is -0.545 e. The molecular weight excluding hydrogens is 158 g/mol. The van der Waals surface area contributed by atoms with Crippen molar-refractivity contribution in [3.05, 3.63) is 34.2 Å². The molecule has 0 unspecified atom stereocenters. The first-order valence-corrected chi connectivity index (χ1v) is 3.56. The number of nitrogens with zero attached hydrogens (tertiary/aromatic N) is 1. The summed E-state index contributed by atoms with van der Waals surface area (Å²) in [5, 5.41) is 10.4. The number of aryl methyl sites for hydroxylation is 1. The molecule has 12 heavy (non-hydrogen) atoms. The van der Waals surface area contributed by atoms with Gasteiger partial charge in [-0.3, -0.25) is 4.79 Å². The van der Waals surface area contributed by atoms with Crippen LogP contribution in [0.4, 0.5) is 0 Å². The largest absolute Gasteiger partial charge is 0.545 e. The van der Waals surface area contributed by atoms with E-state index >= 15 is 0 Å². The summed E-state index contributed by atoms with van der Waals surface area (Å²) in [4.78, 5) is 21.3. The van der Waals surface area contributed by atoms with E-state index in [0.29, 0.717) is 6.54 Å². The molecule has 4 nitrogen and oxygen atoms in total. The van der Waals surface area contributed by atoms with Gasteiger partial charge in [0, 0.05) is 25.0 Å². The Morgan fingerprint density at radius 1 is 1.67 bits per heavy atom. The molecule has 0 atom stereocenters. The molecule has 0 N–H and O–H groups in total. The fraction of sp³-hybridized carbons (Fsp3) is 0.250. The van der Waals surface area contributed by atoms with Gasteiger partial charge >= 0.3 is 0 Å². The van der Waals surface area contributed by atoms with Gasteiger partial charge in [0.05, 0.1) is 11.5 Å². The van der Waals surface area contributed by atoms with Crippen LogP contribution in [0.2, 0.25) is 0 Å². The average Bonchev–Trinajstić information content (AvgIpc) is 2.05. The zero-order valence-corrected chi connectivity index (χ0v) is 6.61. The second kappa shape index (κ2) is 3.21. The third kappa shape index (κ3) is 1.53. The third-order valence-electron chi connectivity index (χ3n) is 1.56. The summed E-state index contributed by atoms with van der Waals surface area (Å²) in [5.41, 5.74) is -0.806. The first-order valence-electron chi connectivity index (χ1n) is 3.56. The number of aromatic nitrogens is 1. The number of rotatable bonds is 2. The highest BCUT2D eigenvalue weighted by Gasteiger charge is 1.99. The number of carbonyl (C=O) groups is 1. The van der Waals surface area contributed by atoms with Crippen LogP contribution < -0.4 is 10.5 Å². The fourth-order valence-corrected chi connectivity index (χ4v) is 0.876.